The van der Waals surface area contributed by atoms with Crippen molar-refractivity contribution in [2.75, 3.05) is 0 Å². The summed E-state index contributed by atoms with van der Waals surface area (Å²) in [4.78, 5) is 9.16. The average molecular weight is 274 g/mol. The first kappa shape index (κ1) is 13.5. The molecule has 0 unspecified atom stereocenters. The summed E-state index contributed by atoms with van der Waals surface area (Å²) < 4.78 is 0. The average Bonchev–Trinajstić information content (AvgIpc) is 2.55. The molecule has 3 aromatic rings. The lowest BCUT2D eigenvalue weighted by Gasteiger charge is -2.06. The molecule has 2 aromatic carbocycles. The lowest BCUT2D eigenvalue weighted by atomic mass is 10.0. The zero-order chi connectivity index (χ0) is 14.7. The number of hydrogen-bond donors (Lipinski definition) is 0. The second-order valence-electron chi connectivity index (χ2n) is 5.12. The minimum atomic E-state index is 0.812. The fourth-order valence-electron chi connectivity index (χ4n) is 2.39. The Morgan fingerprint density at radius 2 is 1.38 bits per heavy atom. The van der Waals surface area contributed by atoms with Gasteiger partial charge in [0.2, 0.25) is 0 Å². The van der Waals surface area contributed by atoms with E-state index < -0.39 is 0 Å². The highest BCUT2D eigenvalue weighted by Crippen LogP contribution is 2.23. The quantitative estimate of drug-likeness (QED) is 0.693. The molecular formula is C19H18N2. The summed E-state index contributed by atoms with van der Waals surface area (Å²) in [5.74, 6) is 0.812. The summed E-state index contributed by atoms with van der Waals surface area (Å²) >= 11 is 0. The van der Waals surface area contributed by atoms with Crippen LogP contribution < -0.4 is 0 Å². The molecule has 1 aromatic heterocycles. The fourth-order valence-corrected chi connectivity index (χ4v) is 2.39. The first-order chi connectivity index (χ1) is 10.3. The number of benzene rings is 2. The van der Waals surface area contributed by atoms with Gasteiger partial charge in [0.05, 0.1) is 0 Å². The van der Waals surface area contributed by atoms with Crippen LogP contribution in [0.3, 0.4) is 0 Å². The number of nitrogens with zero attached hydrogens (tertiary/aromatic N) is 2. The SMILES string of the molecule is CCc1cc(C)nc(-c2ccc(-c3ccccc3)cc2)n1. The predicted octanol–water partition coefficient (Wildman–Crippen LogP) is 4.68. The van der Waals surface area contributed by atoms with Crippen molar-refractivity contribution in [1.29, 1.82) is 0 Å². The molecule has 0 atom stereocenters. The van der Waals surface area contributed by atoms with Crippen LogP contribution in [0.1, 0.15) is 18.3 Å². The van der Waals surface area contributed by atoms with Crippen molar-refractivity contribution in [2.45, 2.75) is 20.3 Å². The number of aromatic nitrogens is 2. The highest BCUT2D eigenvalue weighted by atomic mass is 14.9. The van der Waals surface area contributed by atoms with Crippen LogP contribution in [-0.2, 0) is 6.42 Å². The Bertz CT molecular complexity index is 731. The minimum absolute atomic E-state index is 0.812. The van der Waals surface area contributed by atoms with Crippen LogP contribution in [0.4, 0.5) is 0 Å². The molecule has 0 fully saturated rings. The maximum absolute atomic E-state index is 4.61. The van der Waals surface area contributed by atoms with Crippen LogP contribution in [-0.4, -0.2) is 9.97 Å². The molecule has 0 saturated heterocycles. The standard InChI is InChI=1S/C19H18N2/c1-3-18-13-14(2)20-19(21-18)17-11-9-16(10-12-17)15-7-5-4-6-8-15/h4-13H,3H2,1-2H3. The first-order valence-electron chi connectivity index (χ1n) is 7.26. The van der Waals surface area contributed by atoms with Crippen molar-refractivity contribution in [3.63, 3.8) is 0 Å². The molecule has 0 N–H and O–H groups in total. The summed E-state index contributed by atoms with van der Waals surface area (Å²) in [6.45, 7) is 4.13. The minimum Gasteiger partial charge on any atom is -0.233 e. The molecular weight excluding hydrogens is 256 g/mol. The number of aryl methyl sites for hydroxylation is 2. The molecule has 0 spiro atoms. The Labute approximate surface area is 125 Å². The van der Waals surface area contributed by atoms with E-state index in [1.165, 1.54) is 11.1 Å². The van der Waals surface area contributed by atoms with E-state index in [2.05, 4.69) is 65.4 Å². The van der Waals surface area contributed by atoms with Gasteiger partial charge in [-0.05, 0) is 30.5 Å². The third-order valence-electron chi connectivity index (χ3n) is 3.52. The van der Waals surface area contributed by atoms with Gasteiger partial charge in [0.15, 0.2) is 5.82 Å². The van der Waals surface area contributed by atoms with E-state index in [1.54, 1.807) is 0 Å². The molecule has 3 rings (SSSR count). The van der Waals surface area contributed by atoms with Crippen LogP contribution in [0.2, 0.25) is 0 Å². The van der Waals surface area contributed by atoms with Crippen LogP contribution in [0.15, 0.2) is 60.7 Å². The number of rotatable bonds is 3. The molecule has 0 amide bonds. The van der Waals surface area contributed by atoms with Crippen molar-refractivity contribution in [3.05, 3.63) is 72.1 Å². The van der Waals surface area contributed by atoms with Crippen LogP contribution in [0.25, 0.3) is 22.5 Å². The van der Waals surface area contributed by atoms with Gasteiger partial charge in [0.1, 0.15) is 0 Å². The monoisotopic (exact) mass is 274 g/mol. The third kappa shape index (κ3) is 3.00. The van der Waals surface area contributed by atoms with Gasteiger partial charge in [-0.15, -0.1) is 0 Å². The largest absolute Gasteiger partial charge is 0.233 e. The molecule has 0 aliphatic carbocycles. The lowest BCUT2D eigenvalue weighted by Crippen LogP contribution is -1.96. The maximum atomic E-state index is 4.61. The van der Waals surface area contributed by atoms with E-state index in [-0.39, 0.29) is 0 Å². The van der Waals surface area contributed by atoms with Crippen molar-refractivity contribution in [2.24, 2.45) is 0 Å². The zero-order valence-corrected chi connectivity index (χ0v) is 12.4. The summed E-state index contributed by atoms with van der Waals surface area (Å²) in [5.41, 5.74) is 5.60. The topological polar surface area (TPSA) is 25.8 Å². The van der Waals surface area contributed by atoms with Crippen molar-refractivity contribution >= 4 is 0 Å². The second-order valence-corrected chi connectivity index (χ2v) is 5.12. The molecule has 104 valence electrons. The normalized spacial score (nSPS) is 10.6. The van der Waals surface area contributed by atoms with E-state index in [0.29, 0.717) is 0 Å². The highest BCUT2D eigenvalue weighted by molar-refractivity contribution is 5.67. The predicted molar refractivity (Wildman–Crippen MR) is 87.0 cm³/mol. The Morgan fingerprint density at radius 1 is 0.762 bits per heavy atom. The van der Waals surface area contributed by atoms with Gasteiger partial charge in [-0.1, -0.05) is 61.5 Å². The smallest absolute Gasteiger partial charge is 0.159 e. The van der Waals surface area contributed by atoms with Gasteiger partial charge in [0, 0.05) is 17.0 Å². The van der Waals surface area contributed by atoms with Gasteiger partial charge in [-0.25, -0.2) is 9.97 Å². The Morgan fingerprint density at radius 3 is 2.05 bits per heavy atom. The first-order valence-corrected chi connectivity index (χ1v) is 7.26. The molecule has 0 radical (unpaired) electrons. The van der Waals surface area contributed by atoms with Gasteiger partial charge < -0.3 is 0 Å². The lowest BCUT2D eigenvalue weighted by molar-refractivity contribution is 0.983. The summed E-state index contributed by atoms with van der Waals surface area (Å²) in [6, 6.07) is 20.9. The van der Waals surface area contributed by atoms with E-state index in [4.69, 9.17) is 0 Å². The molecule has 2 heteroatoms. The Kier molecular flexibility index (Phi) is 3.78. The Hall–Kier alpha value is -2.48. The van der Waals surface area contributed by atoms with Crippen LogP contribution >= 0.6 is 0 Å². The van der Waals surface area contributed by atoms with Crippen molar-refractivity contribution < 1.29 is 0 Å². The van der Waals surface area contributed by atoms with E-state index >= 15 is 0 Å². The van der Waals surface area contributed by atoms with E-state index in [9.17, 15) is 0 Å². The molecule has 21 heavy (non-hydrogen) atoms. The van der Waals surface area contributed by atoms with Gasteiger partial charge >= 0.3 is 0 Å². The summed E-state index contributed by atoms with van der Waals surface area (Å²) in [5, 5.41) is 0. The molecule has 0 aliphatic rings. The molecule has 2 nitrogen and oxygen atoms in total. The zero-order valence-electron chi connectivity index (χ0n) is 12.4. The molecule has 0 saturated carbocycles. The third-order valence-corrected chi connectivity index (χ3v) is 3.52. The fraction of sp³-hybridized carbons (Fsp3) is 0.158. The van der Waals surface area contributed by atoms with E-state index in [0.717, 1.165) is 29.2 Å². The molecule has 0 bridgehead atoms. The van der Waals surface area contributed by atoms with Crippen molar-refractivity contribution in [3.8, 4) is 22.5 Å². The van der Waals surface area contributed by atoms with Crippen LogP contribution in [0.5, 0.6) is 0 Å². The van der Waals surface area contributed by atoms with Crippen molar-refractivity contribution in [1.82, 2.24) is 9.97 Å². The highest BCUT2D eigenvalue weighted by Gasteiger charge is 2.05. The molecule has 0 aliphatic heterocycles. The van der Waals surface area contributed by atoms with Gasteiger partial charge in [-0.2, -0.15) is 0 Å². The number of hydrogen-bond acceptors (Lipinski definition) is 2. The van der Waals surface area contributed by atoms with Gasteiger partial charge in [-0.3, -0.25) is 0 Å². The summed E-state index contributed by atoms with van der Waals surface area (Å²) in [7, 11) is 0. The second kappa shape index (κ2) is 5.88. The molecule has 1 heterocycles. The maximum Gasteiger partial charge on any atom is 0.159 e. The van der Waals surface area contributed by atoms with E-state index in [1.807, 2.05) is 19.1 Å². The Balaban J connectivity index is 1.96. The van der Waals surface area contributed by atoms with Gasteiger partial charge in [0.25, 0.3) is 0 Å². The summed E-state index contributed by atoms with van der Waals surface area (Å²) in [6.07, 6.45) is 0.929. The van der Waals surface area contributed by atoms with Crippen LogP contribution in [0, 0.1) is 6.92 Å².